The topological polar surface area (TPSA) is 53.7 Å². The van der Waals surface area contributed by atoms with Crippen molar-refractivity contribution in [1.82, 2.24) is 0 Å². The highest BCUT2D eigenvalue weighted by molar-refractivity contribution is 5.42. The Kier molecular flexibility index (Phi) is 4.48. The molecular formula is C11H13NO3. The lowest BCUT2D eigenvalue weighted by molar-refractivity contribution is 0.124. The molecule has 0 aliphatic heterocycles. The quantitative estimate of drug-likeness (QED) is 0.580. The summed E-state index contributed by atoms with van der Waals surface area (Å²) < 4.78 is 10.4. The van der Waals surface area contributed by atoms with E-state index in [1.54, 1.807) is 19.2 Å². The Balaban J connectivity index is 2.84. The highest BCUT2D eigenvalue weighted by Gasteiger charge is 2.04. The van der Waals surface area contributed by atoms with E-state index in [0.29, 0.717) is 18.1 Å². The summed E-state index contributed by atoms with van der Waals surface area (Å²) in [4.78, 5) is 4.52. The number of hydrogen-bond donors (Lipinski definition) is 1. The molecule has 0 amide bonds. The lowest BCUT2D eigenvalue weighted by atomic mass is 10.2. The minimum absolute atomic E-state index is 0.211. The zero-order valence-electron chi connectivity index (χ0n) is 8.53. The maximum absolute atomic E-state index is 5.28. The first-order valence-corrected chi connectivity index (χ1v) is 4.36. The molecule has 0 aromatic heterocycles. The van der Waals surface area contributed by atoms with Crippen molar-refractivity contribution in [3.8, 4) is 23.8 Å². The zero-order chi connectivity index (χ0) is 11.1. The third kappa shape index (κ3) is 3.17. The molecule has 1 aromatic rings. The van der Waals surface area contributed by atoms with Crippen molar-refractivity contribution in [2.24, 2.45) is 5.90 Å². The fourth-order valence-electron chi connectivity index (χ4n) is 1.14. The fraction of sp³-hybridized carbons (Fsp3) is 0.273. The minimum atomic E-state index is 0.211. The molecule has 0 heterocycles. The average molecular weight is 207 g/mol. The van der Waals surface area contributed by atoms with E-state index < -0.39 is 0 Å². The van der Waals surface area contributed by atoms with Gasteiger partial charge >= 0.3 is 0 Å². The van der Waals surface area contributed by atoms with E-state index in [2.05, 4.69) is 10.8 Å². The standard InChI is InChI=1S/C11H13NO3/c1-3-6-14-10-5-4-9(8-15-12)7-11(10)13-2/h1,4-5,7H,6,8,12H2,2H3. The Labute approximate surface area is 88.9 Å². The molecule has 1 aromatic carbocycles. The lowest BCUT2D eigenvalue weighted by Crippen LogP contribution is -2.01. The monoisotopic (exact) mass is 207 g/mol. The van der Waals surface area contributed by atoms with Gasteiger partial charge in [0.05, 0.1) is 13.7 Å². The Hall–Kier alpha value is -1.70. The van der Waals surface area contributed by atoms with Crippen LogP contribution in [0, 0.1) is 12.3 Å². The van der Waals surface area contributed by atoms with Crippen LogP contribution in [0.2, 0.25) is 0 Å². The fourth-order valence-corrected chi connectivity index (χ4v) is 1.14. The molecule has 0 fully saturated rings. The largest absolute Gasteiger partial charge is 0.493 e. The van der Waals surface area contributed by atoms with E-state index in [9.17, 15) is 0 Å². The average Bonchev–Trinajstić information content (AvgIpc) is 2.27. The van der Waals surface area contributed by atoms with Crippen LogP contribution < -0.4 is 15.4 Å². The van der Waals surface area contributed by atoms with Gasteiger partial charge in [0.1, 0.15) is 6.61 Å². The molecule has 0 atom stereocenters. The molecule has 0 unspecified atom stereocenters. The zero-order valence-corrected chi connectivity index (χ0v) is 8.53. The van der Waals surface area contributed by atoms with Crippen LogP contribution >= 0.6 is 0 Å². The van der Waals surface area contributed by atoms with Gasteiger partial charge in [-0.15, -0.1) is 6.42 Å². The number of nitrogens with two attached hydrogens (primary N) is 1. The van der Waals surface area contributed by atoms with Gasteiger partial charge in [0.15, 0.2) is 11.5 Å². The molecule has 80 valence electrons. The van der Waals surface area contributed by atoms with Crippen molar-refractivity contribution in [3.05, 3.63) is 23.8 Å². The number of benzene rings is 1. The summed E-state index contributed by atoms with van der Waals surface area (Å²) in [6.07, 6.45) is 5.09. The van der Waals surface area contributed by atoms with Gasteiger partial charge in [0, 0.05) is 0 Å². The molecule has 4 nitrogen and oxygen atoms in total. The first-order valence-electron chi connectivity index (χ1n) is 4.36. The predicted octanol–water partition coefficient (Wildman–Crippen LogP) is 1.10. The van der Waals surface area contributed by atoms with Crippen molar-refractivity contribution in [2.75, 3.05) is 13.7 Å². The molecule has 0 saturated carbocycles. The van der Waals surface area contributed by atoms with Crippen molar-refractivity contribution in [2.45, 2.75) is 6.61 Å². The summed E-state index contributed by atoms with van der Waals surface area (Å²) in [6, 6.07) is 5.39. The summed E-state index contributed by atoms with van der Waals surface area (Å²) in [5.74, 6) is 8.58. The van der Waals surface area contributed by atoms with Gasteiger partial charge in [-0.2, -0.15) is 0 Å². The summed E-state index contributed by atoms with van der Waals surface area (Å²) in [5, 5.41) is 0. The molecule has 1 rings (SSSR count). The molecule has 0 saturated heterocycles. The molecular weight excluding hydrogens is 194 g/mol. The van der Waals surface area contributed by atoms with Crippen LogP contribution in [0.3, 0.4) is 0 Å². The number of terminal acetylenes is 1. The van der Waals surface area contributed by atoms with Gasteiger partial charge in [-0.1, -0.05) is 12.0 Å². The first kappa shape index (κ1) is 11.4. The number of rotatable bonds is 5. The molecule has 15 heavy (non-hydrogen) atoms. The summed E-state index contributed by atoms with van der Waals surface area (Å²) in [6.45, 7) is 0.537. The maximum atomic E-state index is 5.28. The maximum Gasteiger partial charge on any atom is 0.162 e. The van der Waals surface area contributed by atoms with Crippen LogP contribution in [0.4, 0.5) is 0 Å². The van der Waals surface area contributed by atoms with Gasteiger partial charge in [0.2, 0.25) is 0 Å². The molecule has 0 radical (unpaired) electrons. The van der Waals surface area contributed by atoms with Crippen LogP contribution in [-0.2, 0) is 11.4 Å². The van der Waals surface area contributed by atoms with Gasteiger partial charge in [0.25, 0.3) is 0 Å². The first-order chi connectivity index (χ1) is 7.31. The highest BCUT2D eigenvalue weighted by atomic mass is 16.6. The second kappa shape index (κ2) is 5.91. The Bertz CT molecular complexity index is 357. The third-order valence-corrected chi connectivity index (χ3v) is 1.79. The highest BCUT2D eigenvalue weighted by Crippen LogP contribution is 2.28. The second-order valence-electron chi connectivity index (χ2n) is 2.79. The second-order valence-corrected chi connectivity index (χ2v) is 2.79. The summed E-state index contributed by atoms with van der Waals surface area (Å²) >= 11 is 0. The summed E-state index contributed by atoms with van der Waals surface area (Å²) in [7, 11) is 1.56. The van der Waals surface area contributed by atoms with Crippen LogP contribution in [0.5, 0.6) is 11.5 Å². The molecule has 0 aliphatic rings. The van der Waals surface area contributed by atoms with Crippen LogP contribution in [0.15, 0.2) is 18.2 Å². The normalized spacial score (nSPS) is 9.40. The van der Waals surface area contributed by atoms with Crippen molar-refractivity contribution in [1.29, 1.82) is 0 Å². The van der Waals surface area contributed by atoms with Crippen molar-refractivity contribution >= 4 is 0 Å². The minimum Gasteiger partial charge on any atom is -0.493 e. The van der Waals surface area contributed by atoms with Crippen molar-refractivity contribution < 1.29 is 14.3 Å². The lowest BCUT2D eigenvalue weighted by Gasteiger charge is -2.09. The van der Waals surface area contributed by atoms with Crippen LogP contribution in [-0.4, -0.2) is 13.7 Å². The molecule has 4 heteroatoms. The van der Waals surface area contributed by atoms with Gasteiger partial charge in [-0.05, 0) is 17.7 Å². The Morgan fingerprint density at radius 2 is 2.20 bits per heavy atom. The van der Waals surface area contributed by atoms with E-state index in [1.807, 2.05) is 6.07 Å². The third-order valence-electron chi connectivity index (χ3n) is 1.79. The van der Waals surface area contributed by atoms with E-state index in [4.69, 9.17) is 21.8 Å². The van der Waals surface area contributed by atoms with E-state index in [-0.39, 0.29) is 6.61 Å². The Morgan fingerprint density at radius 3 is 2.80 bits per heavy atom. The van der Waals surface area contributed by atoms with E-state index in [1.165, 1.54) is 0 Å². The van der Waals surface area contributed by atoms with Gasteiger partial charge in [-0.25, -0.2) is 5.90 Å². The van der Waals surface area contributed by atoms with Crippen LogP contribution in [0.1, 0.15) is 5.56 Å². The molecule has 2 N–H and O–H groups in total. The SMILES string of the molecule is C#CCOc1ccc(CON)cc1OC. The Morgan fingerprint density at radius 1 is 1.40 bits per heavy atom. The van der Waals surface area contributed by atoms with Crippen LogP contribution in [0.25, 0.3) is 0 Å². The number of ether oxygens (including phenoxy) is 2. The smallest absolute Gasteiger partial charge is 0.162 e. The van der Waals surface area contributed by atoms with E-state index >= 15 is 0 Å². The molecule has 0 spiro atoms. The predicted molar refractivity (Wildman–Crippen MR) is 56.3 cm³/mol. The number of methoxy groups -OCH3 is 1. The molecule has 0 aliphatic carbocycles. The molecule has 0 bridgehead atoms. The van der Waals surface area contributed by atoms with E-state index in [0.717, 1.165) is 5.56 Å². The number of hydrogen-bond acceptors (Lipinski definition) is 4. The van der Waals surface area contributed by atoms with Crippen molar-refractivity contribution in [3.63, 3.8) is 0 Å². The van der Waals surface area contributed by atoms with Gasteiger partial charge in [-0.3, -0.25) is 4.84 Å². The van der Waals surface area contributed by atoms with Gasteiger partial charge < -0.3 is 9.47 Å². The summed E-state index contributed by atoms with van der Waals surface area (Å²) in [5.41, 5.74) is 0.905.